The molecule has 4 aliphatic heterocycles. The second-order valence-electron chi connectivity index (χ2n) is 31.8. The highest BCUT2D eigenvalue weighted by Gasteiger charge is 2.41. The van der Waals surface area contributed by atoms with Crippen LogP contribution >= 0.6 is 91.8 Å². The van der Waals surface area contributed by atoms with Crippen LogP contribution in [0, 0.1) is 34.6 Å². The molecule has 704 valence electrons. The summed E-state index contributed by atoms with van der Waals surface area (Å²) in [5.41, 5.74) is 9.13. The van der Waals surface area contributed by atoms with Crippen molar-refractivity contribution in [2.75, 3.05) is 153 Å². The first-order valence-electron chi connectivity index (χ1n) is 44.2. The molecule has 12 heterocycles. The van der Waals surface area contributed by atoms with Gasteiger partial charge in [-0.3, -0.25) is 37.4 Å². The van der Waals surface area contributed by atoms with Crippen molar-refractivity contribution in [2.45, 2.75) is 165 Å². The number of halogens is 4. The molecule has 132 heavy (non-hydrogen) atoms. The van der Waals surface area contributed by atoms with Crippen molar-refractivity contribution in [3.8, 4) is 57.1 Å². The molecule has 0 saturated carbocycles. The molecule has 39 heteroatoms. The zero-order valence-corrected chi connectivity index (χ0v) is 83.6. The molecule has 4 fully saturated rings. The van der Waals surface area contributed by atoms with Gasteiger partial charge in [-0.25, -0.2) is 39.9 Å². The standard InChI is InChI=1S/C24H31ClN6O2S.C24H31N5O3S.C23H28ClN5O3S.C22H25Cl2N5O2S/c1-6-31-22(17-9-8-16(29(4)5)12-18(17)25)27-15(3)21(23(31)32)28-19-13-30(14-20(19)33-7-2)24-26-10-11-34-24;1-6-29-22(18-9-8-17(31-5)12-15(18)3)26-16(4)21(23(29)30)27-19-13-28(14-20(19)32-7-2)24-25-10-11-33-24;1-5-29-21(16-8-7-15(31-4)11-17(16)24)26-14(3)20(22(29)30)27-18-12-28(13-19(18)32-6-2)23-25-9-10-33-23;1-4-29-20(15-7-6-14(23)10-16(15)24)26-13(3)19(21(29)30)27-17-11-28(12-18(17)31-5-2)22-25-8-9-32-22/h8-12,19-20,28H,6-7,13-14H2,1-5H3;8-12,19-20,27H,6-7,13-14H2,1-5H3;7-11,18-19,27H,5-6,12-13H2,1-4H3;6-10,17-18,27H,4-5,11-12H2,1-3H3/t2*19?,20-;18?,19-;17?,18-/m0000/s1. The minimum absolute atomic E-state index is 0.0408. The van der Waals surface area contributed by atoms with Crippen LogP contribution in [-0.4, -0.2) is 214 Å². The van der Waals surface area contributed by atoms with E-state index >= 15 is 0 Å². The van der Waals surface area contributed by atoms with Crippen molar-refractivity contribution in [2.24, 2.45) is 0 Å². The third kappa shape index (κ3) is 22.5. The average molecular weight is 1960 g/mol. The molecule has 4 unspecified atom stereocenters. The van der Waals surface area contributed by atoms with Gasteiger partial charge in [0.05, 0.1) is 101 Å². The number of thiazole rings is 4. The number of anilines is 9. The highest BCUT2D eigenvalue weighted by Crippen LogP contribution is 2.38. The van der Waals surface area contributed by atoms with Gasteiger partial charge in [-0.15, -0.1) is 45.3 Å². The predicted molar refractivity (Wildman–Crippen MR) is 538 cm³/mol. The maximum atomic E-state index is 13.6. The quantitative estimate of drug-likeness (QED) is 0.0314. The monoisotopic (exact) mass is 1950 g/mol. The molecule has 0 spiro atoms. The molecular formula is C93H115Cl4N21O10S4. The second kappa shape index (κ2) is 45.6. The lowest BCUT2D eigenvalue weighted by atomic mass is 10.1. The van der Waals surface area contributed by atoms with Gasteiger partial charge in [0.25, 0.3) is 22.2 Å². The largest absolute Gasteiger partial charge is 0.497 e. The summed E-state index contributed by atoms with van der Waals surface area (Å²) in [7, 11) is 7.16. The van der Waals surface area contributed by atoms with E-state index in [9.17, 15) is 19.2 Å². The summed E-state index contributed by atoms with van der Waals surface area (Å²) in [6, 6.07) is 21.9. The Hall–Kier alpha value is -10.3. The normalized spacial score (nSPS) is 18.1. The molecular weight excluding hydrogens is 1840 g/mol. The fraction of sp³-hybridized carbons (Fsp3) is 0.441. The Morgan fingerprint density at radius 2 is 0.652 bits per heavy atom. The topological polar surface area (TPSA) is 311 Å². The zero-order valence-electron chi connectivity index (χ0n) is 77.3. The Labute approximate surface area is 805 Å². The highest BCUT2D eigenvalue weighted by atomic mass is 35.5. The number of benzene rings is 4. The van der Waals surface area contributed by atoms with Crippen molar-refractivity contribution >= 4 is 141 Å². The van der Waals surface area contributed by atoms with E-state index in [2.05, 4.69) is 60.8 Å². The summed E-state index contributed by atoms with van der Waals surface area (Å²) in [5, 5.41) is 27.6. The lowest BCUT2D eigenvalue weighted by Gasteiger charge is -2.23. The van der Waals surface area contributed by atoms with Gasteiger partial charge in [0, 0.05) is 198 Å². The molecule has 16 rings (SSSR count). The minimum Gasteiger partial charge on any atom is -0.497 e. The van der Waals surface area contributed by atoms with E-state index in [1.54, 1.807) is 121 Å². The van der Waals surface area contributed by atoms with Crippen LogP contribution in [0.1, 0.15) is 83.7 Å². The number of hydrogen-bond acceptors (Lipinski definition) is 31. The second-order valence-corrected chi connectivity index (χ2v) is 37.0. The number of methoxy groups -OCH3 is 2. The Balaban J connectivity index is 0.000000150. The van der Waals surface area contributed by atoms with E-state index in [1.165, 1.54) is 0 Å². The Morgan fingerprint density at radius 3 is 0.909 bits per heavy atom. The van der Waals surface area contributed by atoms with Gasteiger partial charge in [-0.2, -0.15) is 0 Å². The number of ether oxygens (including phenoxy) is 6. The smallest absolute Gasteiger partial charge is 0.277 e. The number of aryl methyl sites for hydroxylation is 5. The molecule has 4 saturated heterocycles. The predicted octanol–water partition coefficient (Wildman–Crippen LogP) is 16.6. The van der Waals surface area contributed by atoms with E-state index < -0.39 is 0 Å². The van der Waals surface area contributed by atoms with Crippen molar-refractivity contribution < 1.29 is 28.4 Å². The molecule has 4 aliphatic rings. The van der Waals surface area contributed by atoms with Crippen LogP contribution in [0.15, 0.2) is 138 Å². The summed E-state index contributed by atoms with van der Waals surface area (Å²) in [4.78, 5) is 102. The molecule has 0 bridgehead atoms. The molecule has 31 nitrogen and oxygen atoms in total. The maximum Gasteiger partial charge on any atom is 0.277 e. The van der Waals surface area contributed by atoms with E-state index in [0.29, 0.717) is 198 Å². The van der Waals surface area contributed by atoms with Gasteiger partial charge in [0.15, 0.2) is 20.5 Å². The third-order valence-electron chi connectivity index (χ3n) is 23.3. The van der Waals surface area contributed by atoms with Crippen molar-refractivity contribution in [1.29, 1.82) is 0 Å². The summed E-state index contributed by atoms with van der Waals surface area (Å²) >= 11 is 32.0. The summed E-state index contributed by atoms with van der Waals surface area (Å²) in [5.74, 6) is 3.74. The molecule has 0 aliphatic carbocycles. The fourth-order valence-electron chi connectivity index (χ4n) is 16.8. The van der Waals surface area contributed by atoms with Crippen molar-refractivity contribution in [3.63, 3.8) is 0 Å². The number of aromatic nitrogens is 12. The van der Waals surface area contributed by atoms with E-state index in [-0.39, 0.29) is 70.8 Å². The summed E-state index contributed by atoms with van der Waals surface area (Å²) in [6.45, 7) is 35.1. The lowest BCUT2D eigenvalue weighted by Crippen LogP contribution is -2.38. The fourth-order valence-corrected chi connectivity index (χ4v) is 20.5. The van der Waals surface area contributed by atoms with Gasteiger partial charge in [0.2, 0.25) is 0 Å². The minimum atomic E-state index is -0.135. The van der Waals surface area contributed by atoms with Gasteiger partial charge in [-0.05, 0) is 168 Å². The van der Waals surface area contributed by atoms with Gasteiger partial charge < -0.3 is 74.2 Å². The van der Waals surface area contributed by atoms with Crippen molar-refractivity contribution in [1.82, 2.24) is 58.1 Å². The highest BCUT2D eigenvalue weighted by molar-refractivity contribution is 7.14. The lowest BCUT2D eigenvalue weighted by molar-refractivity contribution is 0.0718. The number of nitrogens with one attached hydrogen (secondary N) is 4. The molecule has 0 amide bonds. The van der Waals surface area contributed by atoms with Crippen LogP contribution < -0.4 is 77.5 Å². The molecule has 8 atom stereocenters. The Kier molecular flexibility index (Phi) is 34.3. The summed E-state index contributed by atoms with van der Waals surface area (Å²) in [6.07, 6.45) is 6.97. The average Bonchev–Trinajstić information content (AvgIpc) is 1.59. The Morgan fingerprint density at radius 1 is 0.371 bits per heavy atom. The molecule has 8 aromatic heterocycles. The van der Waals surface area contributed by atoms with Crippen LogP contribution in [-0.2, 0) is 45.1 Å². The van der Waals surface area contributed by atoms with E-state index in [4.69, 9.17) is 94.8 Å². The van der Waals surface area contributed by atoms with Gasteiger partial charge in [-0.1, -0.05) is 46.4 Å². The van der Waals surface area contributed by atoms with Crippen LogP contribution in [0.2, 0.25) is 20.1 Å². The van der Waals surface area contributed by atoms with Crippen molar-refractivity contribution in [3.05, 3.63) is 209 Å². The maximum absolute atomic E-state index is 13.6. The number of nitrogens with zero attached hydrogens (tertiary/aromatic N) is 17. The first kappa shape index (κ1) is 99.2. The zero-order chi connectivity index (χ0) is 94.3. The van der Waals surface area contributed by atoms with Crippen LogP contribution in [0.5, 0.6) is 11.5 Å². The third-order valence-corrected chi connectivity index (χ3v) is 27.8. The number of rotatable bonds is 31. The van der Waals surface area contributed by atoms with E-state index in [0.717, 1.165) is 61.7 Å². The molecule has 0 radical (unpaired) electrons. The van der Waals surface area contributed by atoms with Crippen LogP contribution in [0.25, 0.3) is 45.6 Å². The first-order chi connectivity index (χ1) is 63.7. The van der Waals surface area contributed by atoms with Crippen LogP contribution in [0.4, 0.5) is 49.0 Å². The first-order valence-corrected chi connectivity index (χ1v) is 49.2. The van der Waals surface area contributed by atoms with E-state index in [1.807, 2.05) is 185 Å². The number of hydrogen-bond donors (Lipinski definition) is 4. The van der Waals surface area contributed by atoms with Gasteiger partial charge in [0.1, 0.15) is 57.5 Å². The molecule has 12 aromatic rings. The summed E-state index contributed by atoms with van der Waals surface area (Å²) < 4.78 is 41.3. The molecule has 4 N–H and O–H groups in total. The SMILES string of the molecule is CCO[C@H]1CN(c2nccs2)CC1Nc1c(C)nc(-c2ccc(Cl)cc2Cl)n(CC)c1=O.CCO[C@H]1CN(c2nccs2)CC1Nc1c(C)nc(-c2ccc(N(C)C)cc2Cl)n(CC)c1=O.CCO[C@H]1CN(c2nccs2)CC1Nc1c(C)nc(-c2ccc(OC)cc2C)n(CC)c1=O.CCO[C@H]1CN(c2nccs2)CC1Nc1c(C)nc(-c2ccc(OC)cc2Cl)n(CC)c1=O. The van der Waals surface area contributed by atoms with Crippen LogP contribution in [0.3, 0.4) is 0 Å². The van der Waals surface area contributed by atoms with Gasteiger partial charge >= 0.3 is 0 Å². The Bertz CT molecular complexity index is 5970. The molecule has 4 aromatic carbocycles.